The highest BCUT2D eigenvalue weighted by atomic mass is 16.6. The number of carbonyl (C=O) groups is 3. The molecule has 0 amide bonds. The summed E-state index contributed by atoms with van der Waals surface area (Å²) >= 11 is 0. The maximum atomic E-state index is 12.5. The van der Waals surface area contributed by atoms with Crippen molar-refractivity contribution >= 4 is 17.9 Å². The van der Waals surface area contributed by atoms with Crippen LogP contribution in [0.5, 0.6) is 0 Å². The fourth-order valence-electron chi connectivity index (χ4n) is 3.16. The second-order valence-corrected chi connectivity index (χ2v) is 9.14. The Kier molecular flexibility index (Phi) is 8.42. The van der Waals surface area contributed by atoms with Gasteiger partial charge in [0.05, 0.1) is 22.1 Å². The Morgan fingerprint density at radius 1 is 0.514 bits per heavy atom. The number of ether oxygens (including phenoxy) is 3. The molecule has 0 radical (unpaired) electrons. The molecule has 0 saturated carbocycles. The highest BCUT2D eigenvalue weighted by molar-refractivity contribution is 5.90. The fraction of sp³-hybridized carbons (Fsp3) is 0.276. The van der Waals surface area contributed by atoms with E-state index in [0.29, 0.717) is 16.7 Å². The first-order chi connectivity index (χ1) is 16.6. The molecule has 0 aromatic heterocycles. The van der Waals surface area contributed by atoms with Crippen molar-refractivity contribution in [1.29, 1.82) is 0 Å². The van der Waals surface area contributed by atoms with Crippen molar-refractivity contribution in [3.05, 3.63) is 106 Å². The molecule has 3 rings (SSSR count). The molecule has 0 aliphatic carbocycles. The predicted octanol–water partition coefficient (Wildman–Crippen LogP) is 5.49. The highest BCUT2D eigenvalue weighted by Crippen LogP contribution is 2.21. The van der Waals surface area contributed by atoms with E-state index >= 15 is 0 Å². The van der Waals surface area contributed by atoms with Gasteiger partial charge in [0, 0.05) is 0 Å². The number of hydrogen-bond donors (Lipinski definition) is 0. The van der Waals surface area contributed by atoms with E-state index in [1.165, 1.54) is 0 Å². The fourth-order valence-corrected chi connectivity index (χ4v) is 3.16. The lowest BCUT2D eigenvalue weighted by atomic mass is 9.94. The van der Waals surface area contributed by atoms with Crippen molar-refractivity contribution < 1.29 is 28.6 Å². The summed E-state index contributed by atoms with van der Waals surface area (Å²) < 4.78 is 16.6. The van der Waals surface area contributed by atoms with Gasteiger partial charge in [0.1, 0.15) is 19.8 Å². The Morgan fingerprint density at radius 3 is 0.971 bits per heavy atom. The van der Waals surface area contributed by atoms with Crippen molar-refractivity contribution in [1.82, 2.24) is 0 Å². The van der Waals surface area contributed by atoms with Crippen molar-refractivity contribution in [3.63, 3.8) is 0 Å². The summed E-state index contributed by atoms with van der Waals surface area (Å²) in [5, 5.41) is 0. The van der Waals surface area contributed by atoms with Crippen LogP contribution in [0.2, 0.25) is 0 Å². The minimum atomic E-state index is -0.957. The summed E-state index contributed by atoms with van der Waals surface area (Å²) in [6.45, 7) is 7.19. The molecule has 182 valence electrons. The Hall–Kier alpha value is -3.93. The number of benzene rings is 3. The summed E-state index contributed by atoms with van der Waals surface area (Å²) in [5.41, 5.74) is 3.34. The van der Waals surface area contributed by atoms with E-state index < -0.39 is 23.3 Å². The molecule has 0 unspecified atom stereocenters. The summed E-state index contributed by atoms with van der Waals surface area (Å²) in [6, 6.07) is 21.0. The van der Waals surface area contributed by atoms with E-state index in [1.807, 2.05) is 57.2 Å². The lowest BCUT2D eigenvalue weighted by Crippen LogP contribution is -2.37. The van der Waals surface area contributed by atoms with Gasteiger partial charge in [0.2, 0.25) is 0 Å². The van der Waals surface area contributed by atoms with Crippen LogP contribution in [-0.2, 0) is 14.2 Å². The van der Waals surface area contributed by atoms with Crippen LogP contribution < -0.4 is 0 Å². The first-order valence-electron chi connectivity index (χ1n) is 11.4. The molecule has 0 atom stereocenters. The van der Waals surface area contributed by atoms with Crippen LogP contribution in [0.3, 0.4) is 0 Å². The molecule has 3 aromatic carbocycles. The predicted molar refractivity (Wildman–Crippen MR) is 132 cm³/mol. The van der Waals surface area contributed by atoms with Crippen LogP contribution in [0.1, 0.15) is 54.7 Å². The van der Waals surface area contributed by atoms with Crippen LogP contribution in [0.15, 0.2) is 72.8 Å². The molecule has 0 spiro atoms. The zero-order valence-corrected chi connectivity index (χ0v) is 20.5. The third kappa shape index (κ3) is 7.54. The second-order valence-electron chi connectivity index (χ2n) is 9.14. The largest absolute Gasteiger partial charge is 0.461 e. The van der Waals surface area contributed by atoms with Crippen LogP contribution in [0.4, 0.5) is 0 Å². The van der Waals surface area contributed by atoms with Crippen LogP contribution >= 0.6 is 0 Å². The van der Waals surface area contributed by atoms with E-state index in [9.17, 15) is 14.4 Å². The number of hydrogen-bond acceptors (Lipinski definition) is 6. The first kappa shape index (κ1) is 25.7. The van der Waals surface area contributed by atoms with Gasteiger partial charge in [-0.2, -0.15) is 0 Å². The van der Waals surface area contributed by atoms with Crippen LogP contribution in [0.25, 0.3) is 0 Å². The minimum Gasteiger partial charge on any atom is -0.461 e. The highest BCUT2D eigenvalue weighted by Gasteiger charge is 2.31. The molecular weight excluding hydrogens is 444 g/mol. The van der Waals surface area contributed by atoms with E-state index in [1.54, 1.807) is 43.3 Å². The van der Waals surface area contributed by atoms with Crippen molar-refractivity contribution in [2.24, 2.45) is 5.41 Å². The number of rotatable bonds is 9. The summed E-state index contributed by atoms with van der Waals surface area (Å²) in [5.74, 6) is -1.53. The number of aryl methyl sites for hydroxylation is 3. The number of esters is 3. The van der Waals surface area contributed by atoms with Crippen molar-refractivity contribution in [2.45, 2.75) is 27.7 Å². The topological polar surface area (TPSA) is 78.9 Å². The van der Waals surface area contributed by atoms with Gasteiger partial charge in [-0.1, -0.05) is 53.1 Å². The lowest BCUT2D eigenvalue weighted by molar-refractivity contribution is -0.0287. The molecule has 0 N–H and O–H groups in total. The van der Waals surface area contributed by atoms with Gasteiger partial charge >= 0.3 is 17.9 Å². The molecule has 0 aliphatic rings. The van der Waals surface area contributed by atoms with E-state index in [2.05, 4.69) is 0 Å². The molecule has 6 heteroatoms. The molecular formula is C29H30O6. The molecule has 0 saturated heterocycles. The average Bonchev–Trinajstić information content (AvgIpc) is 2.86. The summed E-state index contributed by atoms with van der Waals surface area (Å²) in [7, 11) is 0. The maximum absolute atomic E-state index is 12.5. The van der Waals surface area contributed by atoms with Gasteiger partial charge in [-0.05, 0) is 64.1 Å². The number of carbonyl (C=O) groups excluding carboxylic acids is 3. The average molecular weight is 475 g/mol. The third-order valence-electron chi connectivity index (χ3n) is 5.52. The Morgan fingerprint density at radius 2 is 0.743 bits per heavy atom. The quantitative estimate of drug-likeness (QED) is 0.301. The zero-order valence-electron chi connectivity index (χ0n) is 20.5. The van der Waals surface area contributed by atoms with Gasteiger partial charge in [0.25, 0.3) is 0 Å². The van der Waals surface area contributed by atoms with Crippen LogP contribution in [0, 0.1) is 26.2 Å². The van der Waals surface area contributed by atoms with Gasteiger partial charge in [-0.25, -0.2) is 14.4 Å². The summed E-state index contributed by atoms with van der Waals surface area (Å²) in [6.07, 6.45) is 0. The van der Waals surface area contributed by atoms with Crippen molar-refractivity contribution in [2.75, 3.05) is 19.8 Å². The molecule has 35 heavy (non-hydrogen) atoms. The van der Waals surface area contributed by atoms with E-state index in [-0.39, 0.29) is 19.8 Å². The second kappa shape index (κ2) is 11.5. The smallest absolute Gasteiger partial charge is 0.338 e. The Bertz CT molecular complexity index is 1010. The Balaban J connectivity index is 1.68. The molecule has 0 aliphatic heterocycles. The molecule has 0 bridgehead atoms. The first-order valence-corrected chi connectivity index (χ1v) is 11.4. The minimum absolute atomic E-state index is 0.109. The monoisotopic (exact) mass is 474 g/mol. The van der Waals surface area contributed by atoms with Gasteiger partial charge in [0.15, 0.2) is 0 Å². The third-order valence-corrected chi connectivity index (χ3v) is 5.52. The molecule has 3 aromatic rings. The van der Waals surface area contributed by atoms with E-state index in [0.717, 1.165) is 16.7 Å². The van der Waals surface area contributed by atoms with Crippen molar-refractivity contribution in [3.8, 4) is 0 Å². The standard InChI is InChI=1S/C29H30O6/c1-20-5-11-23(12-6-20)26(30)33-17-29(4,18-34-27(31)24-13-7-21(2)8-14-24)19-35-28(32)25-15-9-22(3)10-16-25/h5-16H,17-19H2,1-4H3. The van der Waals surface area contributed by atoms with E-state index in [4.69, 9.17) is 14.2 Å². The van der Waals surface area contributed by atoms with Gasteiger partial charge in [-0.3, -0.25) is 0 Å². The van der Waals surface area contributed by atoms with Crippen LogP contribution in [-0.4, -0.2) is 37.7 Å². The summed E-state index contributed by atoms with van der Waals surface area (Å²) in [4.78, 5) is 37.6. The molecule has 0 fully saturated rings. The lowest BCUT2D eigenvalue weighted by Gasteiger charge is -2.28. The Labute approximate surface area is 205 Å². The zero-order chi connectivity index (χ0) is 25.4. The molecule has 0 heterocycles. The molecule has 6 nitrogen and oxygen atoms in total. The maximum Gasteiger partial charge on any atom is 0.338 e. The normalized spacial score (nSPS) is 11.0. The van der Waals surface area contributed by atoms with Gasteiger partial charge < -0.3 is 14.2 Å². The SMILES string of the molecule is Cc1ccc(C(=O)OCC(C)(COC(=O)c2ccc(C)cc2)COC(=O)c2ccc(C)cc2)cc1. The van der Waals surface area contributed by atoms with Gasteiger partial charge in [-0.15, -0.1) is 0 Å².